The summed E-state index contributed by atoms with van der Waals surface area (Å²) < 4.78 is 3.68. The van der Waals surface area contributed by atoms with Gasteiger partial charge in [-0.3, -0.25) is 9.48 Å². The Balaban J connectivity index is 1.60. The van der Waals surface area contributed by atoms with Gasteiger partial charge in [-0.15, -0.1) is 0 Å². The van der Waals surface area contributed by atoms with E-state index in [1.165, 1.54) is 6.07 Å². The number of aromatic hydroxyl groups is 1. The number of nitrogens with zero attached hydrogens (tertiary/aromatic N) is 7. The van der Waals surface area contributed by atoms with Crippen molar-refractivity contribution in [3.8, 4) is 17.1 Å². The quantitative estimate of drug-likeness (QED) is 0.279. The number of aromatic nitrogens is 6. The van der Waals surface area contributed by atoms with Gasteiger partial charge in [0.1, 0.15) is 17.3 Å². The fraction of sp³-hybridized carbons (Fsp3) is 0.321. The third-order valence-corrected chi connectivity index (χ3v) is 7.08. The van der Waals surface area contributed by atoms with Crippen LogP contribution in [0.1, 0.15) is 34.2 Å². The largest absolute Gasteiger partial charge is 0.508 e. The normalized spacial score (nSPS) is 11.5. The van der Waals surface area contributed by atoms with Crippen LogP contribution in [-0.4, -0.2) is 66.1 Å². The first-order chi connectivity index (χ1) is 18.7. The molecule has 0 spiro atoms. The number of nitrogen functional groups attached to an aromatic ring is 1. The predicted molar refractivity (Wildman–Crippen MR) is 151 cm³/mol. The minimum atomic E-state index is -0.281. The number of carbonyl (C=O) groups is 1. The van der Waals surface area contributed by atoms with Crippen molar-refractivity contribution >= 4 is 33.5 Å². The number of fused-ring (bicyclic) bond motifs is 2. The minimum absolute atomic E-state index is 0.0370. The highest BCUT2D eigenvalue weighted by Gasteiger charge is 2.22. The molecule has 0 unspecified atom stereocenters. The Morgan fingerprint density at radius 3 is 2.62 bits per heavy atom. The van der Waals surface area contributed by atoms with Gasteiger partial charge in [-0.1, -0.05) is 0 Å². The molecule has 39 heavy (non-hydrogen) atoms. The van der Waals surface area contributed by atoms with Crippen molar-refractivity contribution in [2.45, 2.75) is 40.4 Å². The first-order valence-electron chi connectivity index (χ1n) is 12.9. The average Bonchev–Trinajstić information content (AvgIpc) is 3.43. The fourth-order valence-corrected chi connectivity index (χ4v) is 4.80. The SMILES string of the molecule is CCn1ncc(CN(C)C(=O)c2nc(-c3cc4c(N)n(CCNC)nc4cc3C)nc3ccc(O)cc23)c1C. The van der Waals surface area contributed by atoms with Gasteiger partial charge in [0.25, 0.3) is 5.91 Å². The van der Waals surface area contributed by atoms with Crippen LogP contribution >= 0.6 is 0 Å². The number of nitrogens with two attached hydrogens (primary N) is 1. The summed E-state index contributed by atoms with van der Waals surface area (Å²) in [6.07, 6.45) is 1.79. The van der Waals surface area contributed by atoms with Crippen molar-refractivity contribution in [2.24, 2.45) is 0 Å². The summed E-state index contributed by atoms with van der Waals surface area (Å²) in [4.78, 5) is 24.9. The lowest BCUT2D eigenvalue weighted by atomic mass is 10.0. The van der Waals surface area contributed by atoms with E-state index < -0.39 is 0 Å². The molecule has 0 atom stereocenters. The molecule has 11 heteroatoms. The Bertz CT molecular complexity index is 1700. The number of aryl methyl sites for hydroxylation is 2. The maximum Gasteiger partial charge on any atom is 0.273 e. The number of nitrogens with one attached hydrogen (secondary N) is 1. The third-order valence-electron chi connectivity index (χ3n) is 7.08. The molecule has 2 aromatic carbocycles. The summed E-state index contributed by atoms with van der Waals surface area (Å²) in [5.41, 5.74) is 11.6. The van der Waals surface area contributed by atoms with Crippen LogP contribution in [0, 0.1) is 13.8 Å². The fourth-order valence-electron chi connectivity index (χ4n) is 4.80. The summed E-state index contributed by atoms with van der Waals surface area (Å²) in [7, 11) is 3.62. The standard InChI is InChI=1S/C28H33N9O2/c1-6-36-17(3)18(14-31-36)15-35(5)28(39)25-21-12-19(38)7-8-23(21)32-27(33-25)20-13-22-24(11-16(20)2)34-37(26(22)29)10-9-30-4/h7-8,11-14,30,38H,6,9-10,15,29H2,1-5H3. The van der Waals surface area contributed by atoms with Crippen LogP contribution in [-0.2, 0) is 19.6 Å². The molecule has 11 nitrogen and oxygen atoms in total. The van der Waals surface area contributed by atoms with Gasteiger partial charge in [0, 0.05) is 54.3 Å². The second kappa shape index (κ2) is 10.3. The lowest BCUT2D eigenvalue weighted by Crippen LogP contribution is -2.27. The number of phenolic OH excluding ortho intramolecular Hbond substituents is 1. The van der Waals surface area contributed by atoms with Gasteiger partial charge in [-0.05, 0) is 63.7 Å². The highest BCUT2D eigenvalue weighted by atomic mass is 16.3. The second-order valence-electron chi connectivity index (χ2n) is 9.73. The molecule has 4 N–H and O–H groups in total. The van der Waals surface area contributed by atoms with Gasteiger partial charge in [0.15, 0.2) is 5.82 Å². The molecule has 3 aromatic heterocycles. The first kappa shape index (κ1) is 26.1. The molecule has 1 amide bonds. The summed E-state index contributed by atoms with van der Waals surface area (Å²) in [5.74, 6) is 0.721. The number of hydrogen-bond donors (Lipinski definition) is 3. The number of benzene rings is 2. The Morgan fingerprint density at radius 2 is 1.90 bits per heavy atom. The maximum atomic E-state index is 13.8. The molecule has 5 rings (SSSR count). The molecule has 0 saturated carbocycles. The van der Waals surface area contributed by atoms with E-state index in [1.807, 2.05) is 44.6 Å². The van der Waals surface area contributed by atoms with E-state index >= 15 is 0 Å². The molecule has 5 aromatic rings. The molecular formula is C28H33N9O2. The van der Waals surface area contributed by atoms with Crippen molar-refractivity contribution < 1.29 is 9.90 Å². The van der Waals surface area contributed by atoms with Crippen molar-refractivity contribution in [1.29, 1.82) is 0 Å². The minimum Gasteiger partial charge on any atom is -0.508 e. The second-order valence-corrected chi connectivity index (χ2v) is 9.73. The summed E-state index contributed by atoms with van der Waals surface area (Å²) in [6, 6.07) is 8.67. The number of rotatable bonds is 8. The van der Waals surface area contributed by atoms with Crippen molar-refractivity contribution in [3.63, 3.8) is 0 Å². The summed E-state index contributed by atoms with van der Waals surface area (Å²) in [5, 5.41) is 23.6. The number of phenols is 1. The molecule has 0 saturated heterocycles. The van der Waals surface area contributed by atoms with E-state index in [0.717, 1.165) is 46.4 Å². The third kappa shape index (κ3) is 4.76. The number of anilines is 1. The Kier molecular flexibility index (Phi) is 6.92. The number of hydrogen-bond acceptors (Lipinski definition) is 8. The zero-order chi connectivity index (χ0) is 27.8. The van der Waals surface area contributed by atoms with Gasteiger partial charge in [-0.2, -0.15) is 10.2 Å². The highest BCUT2D eigenvalue weighted by Crippen LogP contribution is 2.32. The number of amides is 1. The smallest absolute Gasteiger partial charge is 0.273 e. The van der Waals surface area contributed by atoms with E-state index in [9.17, 15) is 9.90 Å². The van der Waals surface area contributed by atoms with Gasteiger partial charge in [-0.25, -0.2) is 14.6 Å². The van der Waals surface area contributed by atoms with Crippen LogP contribution in [0.3, 0.4) is 0 Å². The van der Waals surface area contributed by atoms with Crippen molar-refractivity contribution in [1.82, 2.24) is 39.7 Å². The monoisotopic (exact) mass is 527 g/mol. The average molecular weight is 528 g/mol. The van der Waals surface area contributed by atoms with E-state index in [1.54, 1.807) is 35.0 Å². The predicted octanol–water partition coefficient (Wildman–Crippen LogP) is 3.26. The molecule has 202 valence electrons. The molecule has 3 heterocycles. The molecule has 0 aliphatic heterocycles. The van der Waals surface area contributed by atoms with Gasteiger partial charge in [0.05, 0.1) is 23.8 Å². The van der Waals surface area contributed by atoms with E-state index in [4.69, 9.17) is 15.7 Å². The van der Waals surface area contributed by atoms with Crippen LogP contribution in [0.15, 0.2) is 36.5 Å². The zero-order valence-electron chi connectivity index (χ0n) is 22.9. The van der Waals surface area contributed by atoms with Crippen LogP contribution in [0.25, 0.3) is 33.2 Å². The Labute approximate surface area is 226 Å². The van der Waals surface area contributed by atoms with Crippen molar-refractivity contribution in [2.75, 3.05) is 26.4 Å². The van der Waals surface area contributed by atoms with Crippen LogP contribution in [0.4, 0.5) is 5.82 Å². The molecule has 0 radical (unpaired) electrons. The number of carbonyl (C=O) groups excluding carboxylic acids is 1. The Morgan fingerprint density at radius 1 is 1.10 bits per heavy atom. The highest BCUT2D eigenvalue weighted by molar-refractivity contribution is 6.05. The topological polar surface area (TPSA) is 140 Å². The van der Waals surface area contributed by atoms with E-state index in [-0.39, 0.29) is 17.4 Å². The molecule has 0 aliphatic carbocycles. The number of likely N-dealkylation sites (N-methyl/N-ethyl adjacent to an activating group) is 1. The Hall–Kier alpha value is -4.51. The van der Waals surface area contributed by atoms with Gasteiger partial charge < -0.3 is 21.1 Å². The van der Waals surface area contributed by atoms with E-state index in [0.29, 0.717) is 35.6 Å². The molecule has 0 bridgehead atoms. The van der Waals surface area contributed by atoms with Gasteiger partial charge >= 0.3 is 0 Å². The first-order valence-corrected chi connectivity index (χ1v) is 12.9. The lowest BCUT2D eigenvalue weighted by molar-refractivity contribution is 0.0781. The summed E-state index contributed by atoms with van der Waals surface area (Å²) in [6.45, 7) is 8.49. The van der Waals surface area contributed by atoms with Crippen LogP contribution in [0.5, 0.6) is 5.75 Å². The summed E-state index contributed by atoms with van der Waals surface area (Å²) >= 11 is 0. The molecular weight excluding hydrogens is 494 g/mol. The van der Waals surface area contributed by atoms with Gasteiger partial charge in [0.2, 0.25) is 0 Å². The van der Waals surface area contributed by atoms with Crippen molar-refractivity contribution in [3.05, 3.63) is 59.0 Å². The molecule has 0 fully saturated rings. The zero-order valence-corrected chi connectivity index (χ0v) is 22.9. The van der Waals surface area contributed by atoms with Crippen LogP contribution in [0.2, 0.25) is 0 Å². The van der Waals surface area contributed by atoms with E-state index in [2.05, 4.69) is 15.5 Å². The lowest BCUT2D eigenvalue weighted by Gasteiger charge is -2.18. The maximum absolute atomic E-state index is 13.8. The molecule has 0 aliphatic rings. The van der Waals surface area contributed by atoms with Crippen LogP contribution < -0.4 is 11.1 Å².